The molecular formula is C22H21Cl2F3O4. The van der Waals surface area contributed by atoms with E-state index in [4.69, 9.17) is 32.7 Å². The Morgan fingerprint density at radius 3 is 2.32 bits per heavy atom. The summed E-state index contributed by atoms with van der Waals surface area (Å²) in [6, 6.07) is 16.0. The van der Waals surface area contributed by atoms with Gasteiger partial charge in [-0.25, -0.2) is 0 Å². The van der Waals surface area contributed by atoms with E-state index in [1.807, 2.05) is 18.2 Å². The number of rotatable bonds is 7. The molecule has 3 unspecified atom stereocenters. The summed E-state index contributed by atoms with van der Waals surface area (Å²) in [4.78, 5) is 12.5. The molecule has 2 aromatic carbocycles. The second-order valence-corrected chi connectivity index (χ2v) is 9.45. The van der Waals surface area contributed by atoms with Crippen LogP contribution in [0, 0.1) is 17.3 Å². The molecule has 2 aromatic rings. The van der Waals surface area contributed by atoms with Crippen LogP contribution in [0.3, 0.4) is 0 Å². The first kappa shape index (κ1) is 23.7. The lowest BCUT2D eigenvalue weighted by Gasteiger charge is -2.28. The standard InChI is InChI=1S/C22H21Cl2F3O4/c1-20(2)16(18(28)21(23,24)22(25,26)27)17(20)19(29)30-12-13-7-6-10-15(11-13)31-14-8-4-3-5-9-14/h3-11,16-18,28H,12H2,1-2H3. The average Bonchev–Trinajstić information content (AvgIpc) is 3.27. The average molecular weight is 477 g/mol. The van der Waals surface area contributed by atoms with Crippen molar-refractivity contribution in [3.8, 4) is 11.5 Å². The lowest BCUT2D eigenvalue weighted by atomic mass is 10.0. The van der Waals surface area contributed by atoms with Crippen LogP contribution in [0.5, 0.6) is 11.5 Å². The van der Waals surface area contributed by atoms with Crippen molar-refractivity contribution >= 4 is 29.2 Å². The van der Waals surface area contributed by atoms with E-state index in [0.717, 1.165) is 0 Å². The largest absolute Gasteiger partial charge is 0.461 e. The van der Waals surface area contributed by atoms with Gasteiger partial charge >= 0.3 is 12.1 Å². The Morgan fingerprint density at radius 2 is 1.71 bits per heavy atom. The Labute approximate surface area is 187 Å². The minimum atomic E-state index is -5.05. The molecule has 0 spiro atoms. The lowest BCUT2D eigenvalue weighted by Crippen LogP contribution is -2.47. The van der Waals surface area contributed by atoms with Gasteiger partial charge in [-0.2, -0.15) is 13.2 Å². The maximum absolute atomic E-state index is 13.1. The molecule has 0 amide bonds. The van der Waals surface area contributed by atoms with Crippen LogP contribution in [-0.2, 0) is 16.1 Å². The number of halogens is 5. The highest BCUT2D eigenvalue weighted by atomic mass is 35.5. The van der Waals surface area contributed by atoms with Crippen LogP contribution in [0.1, 0.15) is 19.4 Å². The Kier molecular flexibility index (Phi) is 6.52. The predicted molar refractivity (Wildman–Crippen MR) is 110 cm³/mol. The van der Waals surface area contributed by atoms with Crippen LogP contribution in [0.4, 0.5) is 13.2 Å². The van der Waals surface area contributed by atoms with Gasteiger partial charge < -0.3 is 14.6 Å². The van der Waals surface area contributed by atoms with E-state index < -0.39 is 39.8 Å². The summed E-state index contributed by atoms with van der Waals surface area (Å²) in [6.45, 7) is 3.01. The second kappa shape index (κ2) is 8.52. The van der Waals surface area contributed by atoms with Crippen molar-refractivity contribution in [2.24, 2.45) is 17.3 Å². The Morgan fingerprint density at radius 1 is 1.10 bits per heavy atom. The summed E-state index contributed by atoms with van der Waals surface area (Å²) in [6.07, 6.45) is -7.23. The number of aliphatic hydroxyl groups excluding tert-OH is 1. The van der Waals surface area contributed by atoms with E-state index in [0.29, 0.717) is 17.1 Å². The molecule has 4 nitrogen and oxygen atoms in total. The van der Waals surface area contributed by atoms with E-state index in [9.17, 15) is 23.1 Å². The summed E-state index contributed by atoms with van der Waals surface area (Å²) >= 11 is 10.8. The fraction of sp³-hybridized carbons (Fsp3) is 0.409. The highest BCUT2D eigenvalue weighted by Crippen LogP contribution is 2.64. The molecule has 0 radical (unpaired) electrons. The Bertz CT molecular complexity index is 932. The van der Waals surface area contributed by atoms with Gasteiger partial charge in [0.25, 0.3) is 0 Å². The third-order valence-corrected chi connectivity index (χ3v) is 6.39. The Hall–Kier alpha value is -1.96. The second-order valence-electron chi connectivity index (χ2n) is 8.06. The van der Waals surface area contributed by atoms with E-state index in [1.54, 1.807) is 50.2 Å². The molecule has 3 atom stereocenters. The van der Waals surface area contributed by atoms with Crippen molar-refractivity contribution in [2.75, 3.05) is 0 Å². The van der Waals surface area contributed by atoms with Gasteiger partial charge in [0, 0.05) is 5.92 Å². The topological polar surface area (TPSA) is 55.8 Å². The minimum Gasteiger partial charge on any atom is -0.461 e. The molecule has 31 heavy (non-hydrogen) atoms. The van der Waals surface area contributed by atoms with Gasteiger partial charge in [-0.1, -0.05) is 67.4 Å². The number of hydrogen-bond acceptors (Lipinski definition) is 4. The summed E-state index contributed by atoms with van der Waals surface area (Å²) < 4.78 is 46.8. The smallest absolute Gasteiger partial charge is 0.424 e. The normalized spacial score (nSPS) is 21.3. The number of carbonyl (C=O) groups excluding carboxylic acids is 1. The van der Waals surface area contributed by atoms with Gasteiger partial charge in [0.05, 0.1) is 5.92 Å². The number of ether oxygens (including phenoxy) is 2. The van der Waals surface area contributed by atoms with Crippen molar-refractivity contribution in [1.29, 1.82) is 0 Å². The summed E-state index contributed by atoms with van der Waals surface area (Å²) in [5.41, 5.74) is -0.314. The predicted octanol–water partition coefficient (Wildman–Crippen LogP) is 5.89. The first-order valence-electron chi connectivity index (χ1n) is 9.47. The maximum atomic E-state index is 13.1. The van der Waals surface area contributed by atoms with Crippen LogP contribution in [0.2, 0.25) is 0 Å². The number of hydrogen-bond donors (Lipinski definition) is 1. The van der Waals surface area contributed by atoms with Crippen LogP contribution < -0.4 is 4.74 Å². The molecular weight excluding hydrogens is 456 g/mol. The van der Waals surface area contributed by atoms with Crippen LogP contribution >= 0.6 is 23.2 Å². The summed E-state index contributed by atoms with van der Waals surface area (Å²) in [5, 5.41) is 10.2. The van der Waals surface area contributed by atoms with Gasteiger partial charge in [0.1, 0.15) is 24.2 Å². The Balaban J connectivity index is 1.63. The van der Waals surface area contributed by atoms with Crippen LogP contribution in [-0.4, -0.2) is 27.7 Å². The van der Waals surface area contributed by atoms with Gasteiger partial charge in [-0.15, -0.1) is 0 Å². The number of aliphatic hydroxyl groups is 1. The first-order valence-corrected chi connectivity index (χ1v) is 10.2. The van der Waals surface area contributed by atoms with Crippen LogP contribution in [0.15, 0.2) is 54.6 Å². The molecule has 0 heterocycles. The van der Waals surface area contributed by atoms with Crippen molar-refractivity contribution in [2.45, 2.75) is 37.1 Å². The number of alkyl halides is 5. The highest BCUT2D eigenvalue weighted by molar-refractivity contribution is 6.49. The highest BCUT2D eigenvalue weighted by Gasteiger charge is 2.72. The van der Waals surface area contributed by atoms with Gasteiger partial charge in [-0.05, 0) is 35.2 Å². The molecule has 0 bridgehead atoms. The summed E-state index contributed by atoms with van der Waals surface area (Å²) in [7, 11) is 0. The monoisotopic (exact) mass is 476 g/mol. The van der Waals surface area contributed by atoms with Crippen molar-refractivity contribution in [3.05, 3.63) is 60.2 Å². The van der Waals surface area contributed by atoms with Gasteiger partial charge in [-0.3, -0.25) is 4.79 Å². The van der Waals surface area contributed by atoms with E-state index in [1.165, 1.54) is 0 Å². The van der Waals surface area contributed by atoms with Gasteiger partial charge in [0.2, 0.25) is 4.33 Å². The lowest BCUT2D eigenvalue weighted by molar-refractivity contribution is -0.166. The summed E-state index contributed by atoms with van der Waals surface area (Å²) in [5.74, 6) is -1.60. The SMILES string of the molecule is CC1(C)C(C(=O)OCc2cccc(Oc3ccccc3)c2)C1C(O)C(Cl)(Cl)C(F)(F)F. The molecule has 9 heteroatoms. The maximum Gasteiger partial charge on any atom is 0.424 e. The molecule has 0 aromatic heterocycles. The number of esters is 1. The fourth-order valence-electron chi connectivity index (χ4n) is 3.68. The van der Waals surface area contributed by atoms with Crippen LogP contribution in [0.25, 0.3) is 0 Å². The number of benzene rings is 2. The zero-order valence-electron chi connectivity index (χ0n) is 16.7. The molecule has 168 valence electrons. The zero-order valence-corrected chi connectivity index (χ0v) is 18.2. The van der Waals surface area contributed by atoms with Gasteiger partial charge in [0.15, 0.2) is 0 Å². The number of carbonyl (C=O) groups is 1. The quantitative estimate of drug-likeness (QED) is 0.399. The van der Waals surface area contributed by atoms with Crippen molar-refractivity contribution < 1.29 is 32.5 Å². The molecule has 3 rings (SSSR count). The van der Waals surface area contributed by atoms with E-state index in [-0.39, 0.29) is 6.61 Å². The molecule has 0 aliphatic heterocycles. The van der Waals surface area contributed by atoms with Crippen molar-refractivity contribution in [3.63, 3.8) is 0 Å². The molecule has 1 saturated carbocycles. The minimum absolute atomic E-state index is 0.105. The molecule has 0 saturated heterocycles. The third kappa shape index (κ3) is 4.94. The first-order chi connectivity index (χ1) is 14.4. The molecule has 1 aliphatic rings. The van der Waals surface area contributed by atoms with E-state index >= 15 is 0 Å². The molecule has 1 N–H and O–H groups in total. The van der Waals surface area contributed by atoms with Crippen molar-refractivity contribution in [1.82, 2.24) is 0 Å². The molecule has 1 aliphatic carbocycles. The molecule has 1 fully saturated rings. The fourth-order valence-corrected chi connectivity index (χ4v) is 3.95. The zero-order chi connectivity index (χ0) is 23.0. The van der Waals surface area contributed by atoms with E-state index in [2.05, 4.69) is 0 Å². The third-order valence-electron chi connectivity index (χ3n) is 5.51. The number of para-hydroxylation sites is 1.